The maximum atomic E-state index is 6.13. The minimum absolute atomic E-state index is 0.581. The molecular weight excluding hydrogens is 324 g/mol. The van der Waals surface area contributed by atoms with Crippen molar-refractivity contribution in [2.75, 3.05) is 0 Å². The molecule has 0 bridgehead atoms. The first-order valence-electron chi connectivity index (χ1n) is 8.00. The predicted octanol–water partition coefficient (Wildman–Crippen LogP) is 3.36. The number of hydrogen-bond donors (Lipinski definition) is 1. The van der Waals surface area contributed by atoms with Crippen LogP contribution in [-0.2, 0) is 13.5 Å². The van der Waals surface area contributed by atoms with Crippen LogP contribution in [0.3, 0.4) is 0 Å². The number of benzene rings is 1. The topological polar surface area (TPSA) is 72.3 Å². The molecule has 1 saturated carbocycles. The van der Waals surface area contributed by atoms with Gasteiger partial charge in [0.15, 0.2) is 5.82 Å². The Bertz CT molecular complexity index is 1080. The van der Waals surface area contributed by atoms with Crippen LogP contribution in [0.4, 0.5) is 0 Å². The molecule has 7 heteroatoms. The Morgan fingerprint density at radius 1 is 1.25 bits per heavy atom. The summed E-state index contributed by atoms with van der Waals surface area (Å²) in [5.74, 6) is 3.31. The van der Waals surface area contributed by atoms with Gasteiger partial charge in [-0.2, -0.15) is 5.10 Å². The fraction of sp³-hybridized carbons (Fsp3) is 0.294. The SMILES string of the molecule is Cn1nc(Cc2nc3cnc4ccc(Cl)cc4c3[nH]2)nc1C1CC1. The number of fused-ring (bicyclic) bond motifs is 3. The van der Waals surface area contributed by atoms with Crippen LogP contribution in [0.15, 0.2) is 24.4 Å². The van der Waals surface area contributed by atoms with Crippen LogP contribution in [0.25, 0.3) is 21.9 Å². The van der Waals surface area contributed by atoms with E-state index in [-0.39, 0.29) is 0 Å². The summed E-state index contributed by atoms with van der Waals surface area (Å²) in [6, 6.07) is 5.68. The zero-order chi connectivity index (χ0) is 16.3. The second-order valence-corrected chi connectivity index (χ2v) is 6.76. The van der Waals surface area contributed by atoms with Gasteiger partial charge in [-0.05, 0) is 31.0 Å². The highest BCUT2D eigenvalue weighted by atomic mass is 35.5. The van der Waals surface area contributed by atoms with E-state index in [9.17, 15) is 0 Å². The lowest BCUT2D eigenvalue weighted by Gasteiger charge is -1.98. The maximum Gasteiger partial charge on any atom is 0.158 e. The number of halogens is 1. The van der Waals surface area contributed by atoms with Crippen molar-refractivity contribution in [1.29, 1.82) is 0 Å². The van der Waals surface area contributed by atoms with Crippen LogP contribution in [-0.4, -0.2) is 29.7 Å². The predicted molar refractivity (Wildman–Crippen MR) is 92.2 cm³/mol. The molecule has 0 aliphatic heterocycles. The van der Waals surface area contributed by atoms with Crippen LogP contribution < -0.4 is 0 Å². The third-order valence-corrected chi connectivity index (χ3v) is 4.68. The molecule has 4 aromatic rings. The molecule has 5 rings (SSSR count). The van der Waals surface area contributed by atoms with Crippen LogP contribution in [0, 0.1) is 0 Å². The molecule has 24 heavy (non-hydrogen) atoms. The second-order valence-electron chi connectivity index (χ2n) is 6.32. The summed E-state index contributed by atoms with van der Waals surface area (Å²) < 4.78 is 1.90. The van der Waals surface area contributed by atoms with E-state index >= 15 is 0 Å². The maximum absolute atomic E-state index is 6.13. The number of aromatic nitrogens is 6. The molecule has 0 amide bonds. The number of nitrogens with one attached hydrogen (secondary N) is 1. The Morgan fingerprint density at radius 3 is 2.96 bits per heavy atom. The van der Waals surface area contributed by atoms with Crippen LogP contribution >= 0.6 is 11.6 Å². The summed E-state index contributed by atoms with van der Waals surface area (Å²) in [6.45, 7) is 0. The second kappa shape index (κ2) is 5.01. The Balaban J connectivity index is 1.56. The Morgan fingerprint density at radius 2 is 2.12 bits per heavy atom. The van der Waals surface area contributed by atoms with Gasteiger partial charge in [0.05, 0.1) is 23.7 Å². The number of aromatic amines is 1. The Labute approximate surface area is 142 Å². The largest absolute Gasteiger partial charge is 0.341 e. The molecular formula is C17H15ClN6. The molecule has 120 valence electrons. The number of hydrogen-bond acceptors (Lipinski definition) is 4. The molecule has 1 aromatic carbocycles. The van der Waals surface area contributed by atoms with Gasteiger partial charge in [0.25, 0.3) is 0 Å². The van der Waals surface area contributed by atoms with E-state index in [1.807, 2.05) is 29.9 Å². The lowest BCUT2D eigenvalue weighted by Crippen LogP contribution is -1.97. The first-order chi connectivity index (χ1) is 11.7. The van der Waals surface area contributed by atoms with E-state index in [1.165, 1.54) is 12.8 Å². The van der Waals surface area contributed by atoms with E-state index in [2.05, 4.69) is 25.0 Å². The quantitative estimate of drug-likeness (QED) is 0.621. The zero-order valence-electron chi connectivity index (χ0n) is 13.1. The molecule has 1 aliphatic carbocycles. The molecule has 1 N–H and O–H groups in total. The Kier molecular flexibility index (Phi) is 2.91. The molecule has 1 aliphatic rings. The van der Waals surface area contributed by atoms with Crippen molar-refractivity contribution in [3.05, 3.63) is 46.9 Å². The number of imidazole rings is 1. The average molecular weight is 339 g/mol. The minimum Gasteiger partial charge on any atom is -0.341 e. The van der Waals surface area contributed by atoms with E-state index < -0.39 is 0 Å². The van der Waals surface area contributed by atoms with Crippen molar-refractivity contribution in [3.63, 3.8) is 0 Å². The molecule has 3 aromatic heterocycles. The lowest BCUT2D eigenvalue weighted by atomic mass is 10.2. The van der Waals surface area contributed by atoms with Gasteiger partial charge in [-0.25, -0.2) is 9.97 Å². The number of H-pyrrole nitrogens is 1. The van der Waals surface area contributed by atoms with Gasteiger partial charge >= 0.3 is 0 Å². The van der Waals surface area contributed by atoms with Crippen molar-refractivity contribution < 1.29 is 0 Å². The van der Waals surface area contributed by atoms with Gasteiger partial charge in [-0.15, -0.1) is 0 Å². The highest BCUT2D eigenvalue weighted by molar-refractivity contribution is 6.31. The van der Waals surface area contributed by atoms with Crippen LogP contribution in [0.1, 0.15) is 36.2 Å². The van der Waals surface area contributed by atoms with Gasteiger partial charge in [0.1, 0.15) is 17.2 Å². The van der Waals surface area contributed by atoms with Crippen LogP contribution in [0.2, 0.25) is 5.02 Å². The van der Waals surface area contributed by atoms with Gasteiger partial charge in [0.2, 0.25) is 0 Å². The van der Waals surface area contributed by atoms with Gasteiger partial charge < -0.3 is 4.98 Å². The first-order valence-corrected chi connectivity index (χ1v) is 8.38. The summed E-state index contributed by atoms with van der Waals surface area (Å²) in [6.07, 6.45) is 4.80. The third-order valence-electron chi connectivity index (χ3n) is 4.44. The van der Waals surface area contributed by atoms with Crippen molar-refractivity contribution in [1.82, 2.24) is 29.7 Å². The van der Waals surface area contributed by atoms with Crippen molar-refractivity contribution >= 4 is 33.5 Å². The van der Waals surface area contributed by atoms with Gasteiger partial charge in [-0.3, -0.25) is 9.67 Å². The number of pyridine rings is 1. The summed E-state index contributed by atoms with van der Waals surface area (Å²) in [5.41, 5.74) is 2.68. The molecule has 0 saturated heterocycles. The minimum atomic E-state index is 0.581. The monoisotopic (exact) mass is 338 g/mol. The summed E-state index contributed by atoms with van der Waals surface area (Å²) in [4.78, 5) is 17.1. The molecule has 3 heterocycles. The van der Waals surface area contributed by atoms with Gasteiger partial charge in [0, 0.05) is 23.4 Å². The molecule has 1 fully saturated rings. The van der Waals surface area contributed by atoms with Crippen molar-refractivity contribution in [2.45, 2.75) is 25.2 Å². The number of aryl methyl sites for hydroxylation is 1. The molecule has 0 spiro atoms. The smallest absolute Gasteiger partial charge is 0.158 e. The summed E-state index contributed by atoms with van der Waals surface area (Å²) >= 11 is 6.13. The summed E-state index contributed by atoms with van der Waals surface area (Å²) in [7, 11) is 1.96. The molecule has 0 radical (unpaired) electrons. The zero-order valence-corrected chi connectivity index (χ0v) is 13.9. The lowest BCUT2D eigenvalue weighted by molar-refractivity contribution is 0.697. The van der Waals surface area contributed by atoms with Crippen molar-refractivity contribution in [3.8, 4) is 0 Å². The first kappa shape index (κ1) is 13.9. The standard InChI is InChI=1S/C17H15ClN6/c1-24-17(9-2-3-9)22-15(23-24)7-14-20-13-8-19-12-5-4-10(18)6-11(12)16(13)21-14/h4-6,8-9H,2-3,7H2,1H3,(H,20,21). The highest BCUT2D eigenvalue weighted by Gasteiger charge is 2.29. The molecule has 6 nitrogen and oxygen atoms in total. The van der Waals surface area contributed by atoms with E-state index in [4.69, 9.17) is 11.6 Å². The highest BCUT2D eigenvalue weighted by Crippen LogP contribution is 2.38. The Hall–Kier alpha value is -2.47. The summed E-state index contributed by atoms with van der Waals surface area (Å²) in [5, 5.41) is 6.19. The van der Waals surface area contributed by atoms with E-state index in [1.54, 1.807) is 6.20 Å². The molecule has 0 unspecified atom stereocenters. The van der Waals surface area contributed by atoms with Gasteiger partial charge in [-0.1, -0.05) is 11.6 Å². The van der Waals surface area contributed by atoms with E-state index in [0.29, 0.717) is 17.4 Å². The normalized spacial score (nSPS) is 14.8. The van der Waals surface area contributed by atoms with E-state index in [0.717, 1.165) is 39.4 Å². The van der Waals surface area contributed by atoms with Crippen LogP contribution in [0.5, 0.6) is 0 Å². The third kappa shape index (κ3) is 2.26. The number of nitrogens with zero attached hydrogens (tertiary/aromatic N) is 5. The fourth-order valence-electron chi connectivity index (χ4n) is 3.14. The average Bonchev–Trinajstić information content (AvgIpc) is 3.22. The number of rotatable bonds is 3. The molecule has 0 atom stereocenters. The fourth-order valence-corrected chi connectivity index (χ4v) is 3.32. The van der Waals surface area contributed by atoms with Crippen molar-refractivity contribution in [2.24, 2.45) is 7.05 Å².